The van der Waals surface area contributed by atoms with E-state index in [1.165, 1.54) is 52.4 Å². The van der Waals surface area contributed by atoms with Crippen LogP contribution in [0.3, 0.4) is 0 Å². The summed E-state index contributed by atoms with van der Waals surface area (Å²) in [5.74, 6) is 0.441. The highest BCUT2D eigenvalue weighted by Crippen LogP contribution is 2.50. The Balaban J connectivity index is 2.45. The maximum Gasteiger partial charge on any atom is 0.193 e. The van der Waals surface area contributed by atoms with Gasteiger partial charge in [-0.3, -0.25) is 0 Å². The number of rotatable bonds is 11. The van der Waals surface area contributed by atoms with Crippen molar-refractivity contribution in [2.24, 2.45) is 7.05 Å². The van der Waals surface area contributed by atoms with Crippen molar-refractivity contribution >= 4 is 24.7 Å². The van der Waals surface area contributed by atoms with Crippen LogP contribution in [-0.4, -0.2) is 56.6 Å². The summed E-state index contributed by atoms with van der Waals surface area (Å²) in [6.45, 7) is 5.60. The van der Waals surface area contributed by atoms with Crippen LogP contribution in [0.1, 0.15) is 52.0 Å². The molecule has 5 atom stereocenters. The molecule has 5 unspecified atom stereocenters. The largest absolute Gasteiger partial charge is 0.335 e. The van der Waals surface area contributed by atoms with Crippen LogP contribution in [-0.2, 0) is 29.7 Å². The summed E-state index contributed by atoms with van der Waals surface area (Å²) in [6.07, 6.45) is 4.47. The van der Waals surface area contributed by atoms with Crippen LogP contribution in [0, 0.1) is 0 Å². The number of hydrogen-bond acceptors (Lipinski definition) is 5. The first-order valence-electron chi connectivity index (χ1n) is 11.4. The normalized spacial score (nSPS) is 19.3. The van der Waals surface area contributed by atoms with Crippen molar-refractivity contribution in [1.29, 1.82) is 0 Å². The molecule has 2 aromatic rings. The van der Waals surface area contributed by atoms with Gasteiger partial charge >= 0.3 is 0 Å². The molecule has 36 heavy (non-hydrogen) atoms. The van der Waals surface area contributed by atoms with Crippen molar-refractivity contribution in [1.82, 2.24) is 19.5 Å². The number of allylic oxidation sites excluding steroid dienone is 4. The third kappa shape index (κ3) is 6.05. The standard InChI is InChI=1S/C24H33F4N4O2PS/c1-7-17(21-29-10-9-11-30-21)12-19(36(33,34)8-2)13-20-31-15-18(32(20)6)14-22(4,26)24(28,35)23(5,27)16(3)25/h7,9-12,15-16H,8,13-14,35H2,1-6H3/b17-7+,19-12+. The predicted octanol–water partition coefficient (Wildman–Crippen LogP) is 5.07. The number of nitrogens with zero attached hydrogens (tertiary/aromatic N) is 4. The van der Waals surface area contributed by atoms with Crippen LogP contribution in [0.15, 0.2) is 41.7 Å². The molecular formula is C24H33F4N4O2PS. The Morgan fingerprint density at radius 1 is 1.19 bits per heavy atom. The second kappa shape index (κ2) is 11.1. The summed E-state index contributed by atoms with van der Waals surface area (Å²) in [5, 5.41) is -3.24. The number of hydrogen-bond donors (Lipinski definition) is 0. The van der Waals surface area contributed by atoms with Gasteiger partial charge in [-0.15, -0.1) is 0 Å². The molecule has 0 fully saturated rings. The fraction of sp³-hybridized carbons (Fsp3) is 0.542. The van der Waals surface area contributed by atoms with Crippen molar-refractivity contribution in [3.05, 3.63) is 59.1 Å². The minimum Gasteiger partial charge on any atom is -0.335 e. The number of alkyl halides is 4. The molecule has 0 saturated heterocycles. The molecule has 0 aliphatic rings. The summed E-state index contributed by atoms with van der Waals surface area (Å²) in [5.41, 5.74) is -5.27. The second-order valence-corrected chi connectivity index (χ2v) is 12.1. The van der Waals surface area contributed by atoms with Crippen LogP contribution in [0.4, 0.5) is 17.6 Å². The zero-order valence-electron chi connectivity index (χ0n) is 21.3. The van der Waals surface area contributed by atoms with Crippen LogP contribution in [0.2, 0.25) is 0 Å². The first-order valence-corrected chi connectivity index (χ1v) is 13.6. The first-order chi connectivity index (χ1) is 16.5. The van der Waals surface area contributed by atoms with E-state index in [1.54, 1.807) is 19.1 Å². The van der Waals surface area contributed by atoms with Gasteiger partial charge in [0, 0.05) is 49.7 Å². The highest BCUT2D eigenvalue weighted by atomic mass is 32.2. The van der Waals surface area contributed by atoms with Gasteiger partial charge in [-0.05, 0) is 39.8 Å². The van der Waals surface area contributed by atoms with Gasteiger partial charge in [-0.25, -0.2) is 40.9 Å². The van der Waals surface area contributed by atoms with Gasteiger partial charge in [0.25, 0.3) is 0 Å². The van der Waals surface area contributed by atoms with E-state index in [2.05, 4.69) is 15.0 Å². The second-order valence-electron chi connectivity index (χ2n) is 9.01. The number of halogens is 4. The Morgan fingerprint density at radius 2 is 1.78 bits per heavy atom. The fourth-order valence-corrected chi connectivity index (χ4v) is 4.93. The molecule has 6 nitrogen and oxygen atoms in total. The molecule has 0 saturated carbocycles. The van der Waals surface area contributed by atoms with Gasteiger partial charge in [0.05, 0.1) is 10.7 Å². The summed E-state index contributed by atoms with van der Waals surface area (Å²) >= 11 is 0. The maximum atomic E-state index is 15.5. The van der Waals surface area contributed by atoms with Crippen molar-refractivity contribution in [2.45, 2.75) is 70.4 Å². The van der Waals surface area contributed by atoms with Crippen molar-refractivity contribution in [2.75, 3.05) is 5.75 Å². The molecule has 2 rings (SSSR count). The SMILES string of the molecule is C/C=C(\C=C(/Cc1ncc(CC(C)(F)C(F)(P)C(C)(F)C(C)F)n1C)S(=O)(=O)CC)c1ncccn1. The zero-order chi connectivity index (χ0) is 27.5. The topological polar surface area (TPSA) is 77.7 Å². The summed E-state index contributed by atoms with van der Waals surface area (Å²) in [7, 11) is -0.676. The molecule has 0 aromatic carbocycles. The molecule has 12 heteroatoms. The van der Waals surface area contributed by atoms with Gasteiger partial charge in [-0.2, -0.15) is 0 Å². The minimum atomic E-state index is -3.68. The Hall–Kier alpha value is -2.13. The molecule has 0 amide bonds. The van der Waals surface area contributed by atoms with Gasteiger partial charge < -0.3 is 4.57 Å². The average Bonchev–Trinajstić information content (AvgIpc) is 3.14. The molecule has 0 spiro atoms. The number of aromatic nitrogens is 4. The predicted molar refractivity (Wildman–Crippen MR) is 137 cm³/mol. The monoisotopic (exact) mass is 548 g/mol. The summed E-state index contributed by atoms with van der Waals surface area (Å²) < 4.78 is 86.6. The third-order valence-electron chi connectivity index (χ3n) is 6.47. The first kappa shape index (κ1) is 30.1. The van der Waals surface area contributed by atoms with Crippen LogP contribution in [0.25, 0.3) is 5.57 Å². The van der Waals surface area contributed by atoms with E-state index in [-0.39, 0.29) is 28.6 Å². The Bertz CT molecular complexity index is 1220. The molecule has 0 aliphatic carbocycles. The van der Waals surface area contributed by atoms with Crippen LogP contribution in [0.5, 0.6) is 0 Å². The van der Waals surface area contributed by atoms with E-state index >= 15 is 8.78 Å². The van der Waals surface area contributed by atoms with E-state index in [9.17, 15) is 17.2 Å². The fourth-order valence-electron chi connectivity index (χ4n) is 3.57. The van der Waals surface area contributed by atoms with Crippen molar-refractivity contribution < 1.29 is 26.0 Å². The van der Waals surface area contributed by atoms with Crippen LogP contribution < -0.4 is 0 Å². The minimum absolute atomic E-state index is 0.0438. The van der Waals surface area contributed by atoms with Gasteiger partial charge in [0.2, 0.25) is 0 Å². The molecule has 2 heterocycles. The van der Waals surface area contributed by atoms with Gasteiger partial charge in [-0.1, -0.05) is 22.2 Å². The van der Waals surface area contributed by atoms with E-state index in [0.29, 0.717) is 18.3 Å². The quantitative estimate of drug-likeness (QED) is 0.223. The highest BCUT2D eigenvalue weighted by molar-refractivity contribution is 7.95. The van der Waals surface area contributed by atoms with E-state index < -0.39 is 39.2 Å². The molecular weight excluding hydrogens is 515 g/mol. The Kier molecular flexibility index (Phi) is 9.27. The molecule has 0 radical (unpaired) electrons. The maximum absolute atomic E-state index is 15.5. The summed E-state index contributed by atoms with van der Waals surface area (Å²) in [6, 6.07) is 1.64. The lowest BCUT2D eigenvalue weighted by Crippen LogP contribution is -2.58. The van der Waals surface area contributed by atoms with Crippen molar-refractivity contribution in [3.8, 4) is 0 Å². The number of imidazole rings is 1. The third-order valence-corrected chi connectivity index (χ3v) is 9.46. The van der Waals surface area contributed by atoms with E-state index in [1.807, 2.05) is 0 Å². The van der Waals surface area contributed by atoms with Gasteiger partial charge in [0.15, 0.2) is 32.4 Å². The zero-order valence-corrected chi connectivity index (χ0v) is 23.2. The lowest BCUT2D eigenvalue weighted by molar-refractivity contribution is -0.0967. The lowest BCUT2D eigenvalue weighted by Gasteiger charge is -2.42. The molecule has 200 valence electrons. The Morgan fingerprint density at radius 3 is 2.28 bits per heavy atom. The van der Waals surface area contributed by atoms with E-state index in [0.717, 1.165) is 13.8 Å². The van der Waals surface area contributed by atoms with Crippen molar-refractivity contribution in [3.63, 3.8) is 0 Å². The van der Waals surface area contributed by atoms with Crippen LogP contribution >= 0.6 is 9.24 Å². The molecule has 0 bridgehead atoms. The average molecular weight is 549 g/mol. The smallest absolute Gasteiger partial charge is 0.193 e. The molecule has 0 aliphatic heterocycles. The lowest BCUT2D eigenvalue weighted by atomic mass is 9.83. The molecule has 2 aromatic heterocycles. The van der Waals surface area contributed by atoms with Gasteiger partial charge in [0.1, 0.15) is 12.0 Å². The highest BCUT2D eigenvalue weighted by Gasteiger charge is 2.62. The van der Waals surface area contributed by atoms with E-state index in [4.69, 9.17) is 0 Å². The Labute approximate surface area is 212 Å². The molecule has 0 N–H and O–H groups in total. The summed E-state index contributed by atoms with van der Waals surface area (Å²) in [4.78, 5) is 12.6. The number of sulfone groups is 1.